The van der Waals surface area contributed by atoms with E-state index < -0.39 is 5.97 Å². The molecule has 0 radical (unpaired) electrons. The largest absolute Gasteiger partial charge is 0.484 e. The Bertz CT molecular complexity index is 1110. The fourth-order valence-electron chi connectivity index (χ4n) is 7.11. The van der Waals surface area contributed by atoms with Crippen molar-refractivity contribution in [2.24, 2.45) is 17.3 Å². The van der Waals surface area contributed by atoms with Crippen molar-refractivity contribution < 1.29 is 24.2 Å². The Morgan fingerprint density at radius 1 is 1.03 bits per heavy atom. The minimum absolute atomic E-state index is 0.0433. The van der Waals surface area contributed by atoms with Crippen LogP contribution in [0.1, 0.15) is 54.4 Å². The average molecular weight is 463 g/mol. The lowest BCUT2D eigenvalue weighted by Crippen LogP contribution is -2.58. The molecule has 34 heavy (non-hydrogen) atoms. The summed E-state index contributed by atoms with van der Waals surface area (Å²) in [5, 5.41) is 14.7. The molecule has 7 nitrogen and oxygen atoms in total. The van der Waals surface area contributed by atoms with Gasteiger partial charge in [-0.2, -0.15) is 0 Å². The number of hydrogen-bond donors (Lipinski definition) is 3. The lowest BCUT2D eigenvalue weighted by Gasteiger charge is -2.61. The van der Waals surface area contributed by atoms with Crippen LogP contribution < -0.4 is 15.4 Å². The minimum atomic E-state index is -1.05. The first-order valence-electron chi connectivity index (χ1n) is 11.9. The van der Waals surface area contributed by atoms with Crippen LogP contribution in [0.5, 0.6) is 5.75 Å². The summed E-state index contributed by atoms with van der Waals surface area (Å²) in [6.45, 7) is -0.175. The molecule has 7 heteroatoms. The van der Waals surface area contributed by atoms with Gasteiger partial charge in [0.1, 0.15) is 5.75 Å². The summed E-state index contributed by atoms with van der Waals surface area (Å²) in [6, 6.07) is 14.1. The second kappa shape index (κ2) is 8.46. The first-order chi connectivity index (χ1) is 16.3. The van der Waals surface area contributed by atoms with Gasteiger partial charge in [-0.15, -0.1) is 0 Å². The Hall–Kier alpha value is -3.35. The van der Waals surface area contributed by atoms with Gasteiger partial charge in [0, 0.05) is 12.7 Å². The maximum Gasteiger partial charge on any atom is 0.335 e. The highest BCUT2D eigenvalue weighted by Gasteiger charge is 2.60. The number of aromatic carboxylic acids is 1. The van der Waals surface area contributed by atoms with Crippen molar-refractivity contribution in [3.05, 3.63) is 59.7 Å². The number of benzene rings is 2. The molecule has 4 bridgehead atoms. The van der Waals surface area contributed by atoms with Gasteiger partial charge in [0.25, 0.3) is 5.91 Å². The molecule has 0 spiro atoms. The summed E-state index contributed by atoms with van der Waals surface area (Å²) < 4.78 is 5.67. The second-order valence-electron chi connectivity index (χ2n) is 10.3. The van der Waals surface area contributed by atoms with Crippen LogP contribution >= 0.6 is 0 Å². The molecule has 178 valence electrons. The predicted octanol–water partition coefficient (Wildman–Crippen LogP) is 3.99. The third-order valence-electron chi connectivity index (χ3n) is 8.00. The summed E-state index contributed by atoms with van der Waals surface area (Å²) >= 11 is 0. The van der Waals surface area contributed by atoms with Crippen LogP contribution in [0.2, 0.25) is 0 Å². The van der Waals surface area contributed by atoms with Crippen molar-refractivity contribution in [2.45, 2.75) is 43.9 Å². The highest BCUT2D eigenvalue weighted by atomic mass is 16.5. The van der Waals surface area contributed by atoms with Crippen molar-refractivity contribution in [3.8, 4) is 5.75 Å². The van der Waals surface area contributed by atoms with E-state index >= 15 is 0 Å². The molecule has 3 N–H and O–H groups in total. The summed E-state index contributed by atoms with van der Waals surface area (Å²) in [6.07, 6.45) is 6.45. The zero-order valence-electron chi connectivity index (χ0n) is 19.3. The van der Waals surface area contributed by atoms with Crippen LogP contribution in [0.3, 0.4) is 0 Å². The van der Waals surface area contributed by atoms with Crippen molar-refractivity contribution >= 4 is 23.5 Å². The first kappa shape index (κ1) is 22.4. The van der Waals surface area contributed by atoms with Crippen LogP contribution in [0, 0.1) is 17.3 Å². The van der Waals surface area contributed by atoms with E-state index in [0.29, 0.717) is 23.3 Å². The van der Waals surface area contributed by atoms with Gasteiger partial charge >= 0.3 is 5.97 Å². The molecule has 4 fully saturated rings. The van der Waals surface area contributed by atoms with Crippen molar-refractivity contribution in [1.29, 1.82) is 0 Å². The van der Waals surface area contributed by atoms with Gasteiger partial charge in [-0.1, -0.05) is 18.2 Å². The highest BCUT2D eigenvalue weighted by molar-refractivity contribution is 5.94. The topological polar surface area (TPSA) is 105 Å². The lowest BCUT2D eigenvalue weighted by atomic mass is 9.42. The fourth-order valence-corrected chi connectivity index (χ4v) is 7.11. The number of carbonyl (C=O) groups excluding carboxylic acids is 2. The summed E-state index contributed by atoms with van der Waals surface area (Å²) in [5.74, 6) is 0.610. The molecule has 2 aromatic carbocycles. The number of ether oxygens (including phenoxy) is 1. The van der Waals surface area contributed by atoms with Crippen LogP contribution in [0.15, 0.2) is 48.5 Å². The summed E-state index contributed by atoms with van der Waals surface area (Å²) in [4.78, 5) is 36.2. The van der Waals surface area contributed by atoms with Gasteiger partial charge in [-0.3, -0.25) is 9.59 Å². The molecular weight excluding hydrogens is 432 g/mol. The van der Waals surface area contributed by atoms with Gasteiger partial charge in [-0.25, -0.2) is 4.79 Å². The normalized spacial score (nSPS) is 28.9. The maximum atomic E-state index is 12.8. The molecule has 0 aliphatic heterocycles. The zero-order valence-corrected chi connectivity index (χ0v) is 19.3. The molecule has 0 aromatic heterocycles. The third kappa shape index (κ3) is 4.04. The first-order valence-corrected chi connectivity index (χ1v) is 11.9. The Balaban J connectivity index is 1.24. The van der Waals surface area contributed by atoms with Crippen LogP contribution in [-0.2, 0) is 15.0 Å². The van der Waals surface area contributed by atoms with E-state index in [4.69, 9.17) is 9.84 Å². The Morgan fingerprint density at radius 3 is 2.38 bits per heavy atom. The van der Waals surface area contributed by atoms with Crippen molar-refractivity contribution in [1.82, 2.24) is 5.32 Å². The zero-order chi connectivity index (χ0) is 23.9. The summed E-state index contributed by atoms with van der Waals surface area (Å²) in [7, 11) is 1.75. The monoisotopic (exact) mass is 462 g/mol. The Morgan fingerprint density at radius 2 is 1.74 bits per heavy atom. The van der Waals surface area contributed by atoms with Crippen LogP contribution in [0.25, 0.3) is 0 Å². The number of amides is 2. The average Bonchev–Trinajstić information content (AvgIpc) is 2.82. The number of carbonyl (C=O) groups is 3. The molecule has 4 aliphatic rings. The van der Waals surface area contributed by atoms with E-state index in [1.807, 2.05) is 12.1 Å². The van der Waals surface area contributed by atoms with Crippen LogP contribution in [0.4, 0.5) is 5.69 Å². The van der Waals surface area contributed by atoms with E-state index in [-0.39, 0.29) is 34.8 Å². The van der Waals surface area contributed by atoms with Gasteiger partial charge in [0.05, 0.1) is 11.0 Å². The lowest BCUT2D eigenvalue weighted by molar-refractivity contribution is -0.148. The van der Waals surface area contributed by atoms with E-state index in [1.165, 1.54) is 24.1 Å². The molecule has 4 aliphatic carbocycles. The van der Waals surface area contributed by atoms with Gasteiger partial charge in [0.2, 0.25) is 5.91 Å². The van der Waals surface area contributed by atoms with E-state index in [9.17, 15) is 14.4 Å². The molecule has 6 rings (SSSR count). The van der Waals surface area contributed by atoms with E-state index in [0.717, 1.165) is 32.1 Å². The number of anilines is 1. The molecule has 0 saturated heterocycles. The summed E-state index contributed by atoms with van der Waals surface area (Å²) in [5.41, 5.74) is 1.59. The molecule has 2 amide bonds. The number of hydrogen-bond acceptors (Lipinski definition) is 4. The smallest absolute Gasteiger partial charge is 0.335 e. The van der Waals surface area contributed by atoms with Crippen LogP contribution in [-0.4, -0.2) is 36.5 Å². The maximum absolute atomic E-state index is 12.8. The second-order valence-corrected chi connectivity index (χ2v) is 10.3. The minimum Gasteiger partial charge on any atom is -0.484 e. The third-order valence-corrected chi connectivity index (χ3v) is 8.00. The van der Waals surface area contributed by atoms with Crippen molar-refractivity contribution in [2.75, 3.05) is 19.0 Å². The number of carboxylic acid groups (broad SMARTS) is 1. The standard InChI is InChI=1S/C27H30N2O5/c1-28-25(33)27-13-17-9-18(14-27)12-26(11-17,16-27)20-5-7-22(8-6-20)34-15-23(30)29-21-4-2-3-19(10-21)24(31)32/h2-8,10,17-18H,9,11-16H2,1H3,(H,28,33)(H,29,30)(H,31,32). The quantitative estimate of drug-likeness (QED) is 0.577. The van der Waals surface area contributed by atoms with E-state index in [1.54, 1.807) is 19.2 Å². The predicted molar refractivity (Wildman–Crippen MR) is 127 cm³/mol. The van der Waals surface area contributed by atoms with E-state index in [2.05, 4.69) is 22.8 Å². The molecule has 2 atom stereocenters. The molecule has 4 saturated carbocycles. The van der Waals surface area contributed by atoms with Gasteiger partial charge in [-0.05, 0) is 91.7 Å². The number of carboxylic acids is 1. The Labute approximate surface area is 198 Å². The molecule has 2 aromatic rings. The Kier molecular flexibility index (Phi) is 5.58. The SMILES string of the molecule is CNC(=O)C12CC3CC(C1)CC(c1ccc(OCC(=O)Nc4cccc(C(=O)O)c4)cc1)(C3)C2. The fraction of sp³-hybridized carbons (Fsp3) is 0.444. The molecule has 0 heterocycles. The molecule has 2 unspecified atom stereocenters. The van der Waals surface area contributed by atoms with Crippen molar-refractivity contribution in [3.63, 3.8) is 0 Å². The number of nitrogens with one attached hydrogen (secondary N) is 2. The number of rotatable bonds is 7. The highest BCUT2D eigenvalue weighted by Crippen LogP contribution is 2.65. The molecular formula is C27H30N2O5. The van der Waals surface area contributed by atoms with Gasteiger partial charge < -0.3 is 20.5 Å². The van der Waals surface area contributed by atoms with Gasteiger partial charge in [0.15, 0.2) is 6.61 Å².